The van der Waals surface area contributed by atoms with Gasteiger partial charge in [0.05, 0.1) is 0 Å². The van der Waals surface area contributed by atoms with Crippen molar-refractivity contribution in [1.29, 1.82) is 0 Å². The first kappa shape index (κ1) is 16.1. The Hall–Kier alpha value is -1.98. The largest absolute Gasteiger partial charge is 0.480 e. The Labute approximate surface area is 115 Å². The van der Waals surface area contributed by atoms with Crippen molar-refractivity contribution < 1.29 is 23.5 Å². The van der Waals surface area contributed by atoms with Crippen LogP contribution in [0.1, 0.15) is 25.8 Å². The molecule has 4 nitrogen and oxygen atoms in total. The van der Waals surface area contributed by atoms with Crippen LogP contribution < -0.4 is 5.32 Å². The molecule has 6 heteroatoms. The molecule has 0 aliphatic heterocycles. The summed E-state index contributed by atoms with van der Waals surface area (Å²) in [4.78, 5) is 22.6. The van der Waals surface area contributed by atoms with E-state index >= 15 is 0 Å². The van der Waals surface area contributed by atoms with Gasteiger partial charge in [-0.2, -0.15) is 0 Å². The molecule has 0 aliphatic carbocycles. The van der Waals surface area contributed by atoms with Gasteiger partial charge in [-0.1, -0.05) is 13.8 Å². The van der Waals surface area contributed by atoms with Gasteiger partial charge in [0.15, 0.2) is 0 Å². The predicted octanol–water partition coefficient (Wildman–Crippen LogP) is 2.12. The minimum absolute atomic E-state index is 0.0138. The molecule has 2 N–H and O–H groups in total. The van der Waals surface area contributed by atoms with E-state index in [1.165, 1.54) is 0 Å². The number of carbonyl (C=O) groups excluding carboxylic acids is 1. The topological polar surface area (TPSA) is 66.4 Å². The molecule has 0 radical (unpaired) electrons. The van der Waals surface area contributed by atoms with Crippen LogP contribution >= 0.6 is 0 Å². The number of amides is 1. The van der Waals surface area contributed by atoms with Crippen molar-refractivity contribution in [1.82, 2.24) is 5.32 Å². The minimum Gasteiger partial charge on any atom is -0.480 e. The Morgan fingerprint density at radius 2 is 1.95 bits per heavy atom. The minimum atomic E-state index is -1.12. The Bertz CT molecular complexity index is 503. The normalized spacial score (nSPS) is 12.2. The Morgan fingerprint density at radius 3 is 2.50 bits per heavy atom. The molecule has 1 aromatic rings. The molecule has 0 unspecified atom stereocenters. The van der Waals surface area contributed by atoms with Crippen molar-refractivity contribution in [3.63, 3.8) is 0 Å². The summed E-state index contributed by atoms with van der Waals surface area (Å²) in [6, 6.07) is 2.04. The van der Waals surface area contributed by atoms with Crippen molar-refractivity contribution in [2.45, 2.75) is 32.7 Å². The fourth-order valence-electron chi connectivity index (χ4n) is 1.74. The molecule has 20 heavy (non-hydrogen) atoms. The van der Waals surface area contributed by atoms with Crippen LogP contribution in [-0.4, -0.2) is 23.0 Å². The molecule has 1 rings (SSSR count). The smallest absolute Gasteiger partial charge is 0.326 e. The summed E-state index contributed by atoms with van der Waals surface area (Å²) in [7, 11) is 0. The van der Waals surface area contributed by atoms with Crippen molar-refractivity contribution in [3.8, 4) is 0 Å². The molecule has 1 aromatic carbocycles. The van der Waals surface area contributed by atoms with E-state index in [0.717, 1.165) is 18.2 Å². The van der Waals surface area contributed by atoms with Crippen molar-refractivity contribution >= 4 is 11.9 Å². The first-order valence-electron chi connectivity index (χ1n) is 6.27. The van der Waals surface area contributed by atoms with Crippen LogP contribution in [0.5, 0.6) is 0 Å². The summed E-state index contributed by atoms with van der Waals surface area (Å²) in [6.45, 7) is 3.34. The van der Waals surface area contributed by atoms with E-state index in [0.29, 0.717) is 0 Å². The van der Waals surface area contributed by atoms with Crippen LogP contribution in [0.15, 0.2) is 18.2 Å². The summed E-state index contributed by atoms with van der Waals surface area (Å²) in [6.07, 6.45) is -0.0866. The number of hydrogen-bond acceptors (Lipinski definition) is 2. The number of carboxylic acids is 1. The molecule has 0 aliphatic rings. The first-order valence-corrected chi connectivity index (χ1v) is 6.27. The average molecular weight is 285 g/mol. The number of aryl methyl sites for hydroxylation is 1. The van der Waals surface area contributed by atoms with Gasteiger partial charge < -0.3 is 10.4 Å². The molecule has 0 aromatic heterocycles. The van der Waals surface area contributed by atoms with Crippen LogP contribution in [0.3, 0.4) is 0 Å². The standard InChI is InChI=1S/C14H17F2NO3/c1-8(2)13(14(19)20)17-12(18)6-3-9-7-10(15)4-5-11(9)16/h4-5,7-8,13H,3,6H2,1-2H3,(H,17,18)(H,19,20)/t13-/m1/s1. The molecule has 0 saturated heterocycles. The first-order chi connectivity index (χ1) is 9.31. The number of aliphatic carboxylic acids is 1. The van der Waals surface area contributed by atoms with Gasteiger partial charge in [-0.05, 0) is 36.1 Å². The zero-order valence-corrected chi connectivity index (χ0v) is 11.3. The monoisotopic (exact) mass is 285 g/mol. The maximum atomic E-state index is 13.3. The number of rotatable bonds is 6. The van der Waals surface area contributed by atoms with Gasteiger partial charge in [-0.3, -0.25) is 4.79 Å². The Kier molecular flexibility index (Phi) is 5.61. The third kappa shape index (κ3) is 4.60. The number of benzene rings is 1. The maximum absolute atomic E-state index is 13.3. The number of carboxylic acid groups (broad SMARTS) is 1. The van der Waals surface area contributed by atoms with E-state index in [4.69, 9.17) is 5.11 Å². The zero-order chi connectivity index (χ0) is 15.3. The quantitative estimate of drug-likeness (QED) is 0.841. The van der Waals surface area contributed by atoms with Crippen LogP contribution in [0.25, 0.3) is 0 Å². The second-order valence-corrected chi connectivity index (χ2v) is 4.86. The van der Waals surface area contributed by atoms with Crippen molar-refractivity contribution in [3.05, 3.63) is 35.4 Å². The van der Waals surface area contributed by atoms with Crippen molar-refractivity contribution in [2.24, 2.45) is 5.92 Å². The van der Waals surface area contributed by atoms with Gasteiger partial charge in [0, 0.05) is 6.42 Å². The summed E-state index contributed by atoms with van der Waals surface area (Å²) >= 11 is 0. The number of halogens is 2. The lowest BCUT2D eigenvalue weighted by molar-refractivity contribution is -0.143. The van der Waals surface area contributed by atoms with Gasteiger partial charge in [0.25, 0.3) is 0 Å². The van der Waals surface area contributed by atoms with Gasteiger partial charge in [-0.25, -0.2) is 13.6 Å². The summed E-state index contributed by atoms with van der Waals surface area (Å²) in [5, 5.41) is 11.3. The summed E-state index contributed by atoms with van der Waals surface area (Å²) in [5.74, 6) is -3.05. The fourth-order valence-corrected chi connectivity index (χ4v) is 1.74. The highest BCUT2D eigenvalue weighted by molar-refractivity contribution is 5.83. The van der Waals surface area contributed by atoms with E-state index in [1.54, 1.807) is 13.8 Å². The Morgan fingerprint density at radius 1 is 1.30 bits per heavy atom. The van der Waals surface area contributed by atoms with E-state index in [9.17, 15) is 18.4 Å². The lowest BCUT2D eigenvalue weighted by atomic mass is 10.0. The molecule has 0 spiro atoms. The highest BCUT2D eigenvalue weighted by Gasteiger charge is 2.23. The van der Waals surface area contributed by atoms with Crippen LogP contribution in [-0.2, 0) is 16.0 Å². The van der Waals surface area contributed by atoms with E-state index in [1.807, 2.05) is 0 Å². The fraction of sp³-hybridized carbons (Fsp3) is 0.429. The average Bonchev–Trinajstić information content (AvgIpc) is 2.36. The van der Waals surface area contributed by atoms with E-state index < -0.39 is 29.6 Å². The molecule has 1 amide bonds. The van der Waals surface area contributed by atoms with Gasteiger partial charge in [0.2, 0.25) is 5.91 Å². The van der Waals surface area contributed by atoms with E-state index in [2.05, 4.69) is 5.32 Å². The van der Waals surface area contributed by atoms with E-state index in [-0.39, 0.29) is 24.3 Å². The molecule has 1 atom stereocenters. The maximum Gasteiger partial charge on any atom is 0.326 e. The molecule has 0 fully saturated rings. The van der Waals surface area contributed by atoms with Gasteiger partial charge >= 0.3 is 5.97 Å². The molecule has 0 bridgehead atoms. The zero-order valence-electron chi connectivity index (χ0n) is 11.3. The SMILES string of the molecule is CC(C)[C@@H](NC(=O)CCc1cc(F)ccc1F)C(=O)O. The van der Waals surface area contributed by atoms with Crippen molar-refractivity contribution in [2.75, 3.05) is 0 Å². The molecule has 110 valence electrons. The third-order valence-corrected chi connectivity index (χ3v) is 2.88. The van der Waals surface area contributed by atoms with Gasteiger partial charge in [0.1, 0.15) is 17.7 Å². The molecule has 0 heterocycles. The number of carbonyl (C=O) groups is 2. The second-order valence-electron chi connectivity index (χ2n) is 4.86. The summed E-state index contributed by atoms with van der Waals surface area (Å²) in [5.41, 5.74) is 0.0940. The third-order valence-electron chi connectivity index (χ3n) is 2.88. The van der Waals surface area contributed by atoms with Crippen LogP contribution in [0.2, 0.25) is 0 Å². The highest BCUT2D eigenvalue weighted by Crippen LogP contribution is 2.12. The van der Waals surface area contributed by atoms with Crippen LogP contribution in [0.4, 0.5) is 8.78 Å². The molecular weight excluding hydrogens is 268 g/mol. The lowest BCUT2D eigenvalue weighted by Crippen LogP contribution is -2.44. The lowest BCUT2D eigenvalue weighted by Gasteiger charge is -2.17. The number of nitrogens with one attached hydrogen (secondary N) is 1. The predicted molar refractivity (Wildman–Crippen MR) is 69.1 cm³/mol. The molecular formula is C14H17F2NO3. The molecule has 0 saturated carbocycles. The van der Waals surface area contributed by atoms with Gasteiger partial charge in [-0.15, -0.1) is 0 Å². The summed E-state index contributed by atoms with van der Waals surface area (Å²) < 4.78 is 26.3. The number of hydrogen-bond donors (Lipinski definition) is 2. The van der Waals surface area contributed by atoms with Crippen LogP contribution in [0, 0.1) is 17.6 Å². The second kappa shape index (κ2) is 6.98. The Balaban J connectivity index is 2.59. The highest BCUT2D eigenvalue weighted by atomic mass is 19.1.